The van der Waals surface area contributed by atoms with Crippen LogP contribution in [0.3, 0.4) is 0 Å². The zero-order valence-corrected chi connectivity index (χ0v) is 18.4. The van der Waals surface area contributed by atoms with E-state index in [0.29, 0.717) is 15.8 Å². The molecule has 1 aromatic carbocycles. The summed E-state index contributed by atoms with van der Waals surface area (Å²) in [6, 6.07) is 11.1. The predicted molar refractivity (Wildman–Crippen MR) is 122 cm³/mol. The lowest BCUT2D eigenvalue weighted by molar-refractivity contribution is -0.142. The maximum Gasteiger partial charge on any atom is 0.276 e. The number of benzene rings is 1. The lowest BCUT2D eigenvalue weighted by Crippen LogP contribution is -2.72. The fraction of sp³-hybridized carbons (Fsp3) is 0.273. The number of nitrogens with zero attached hydrogens (tertiary/aromatic N) is 4. The molecule has 0 saturated carbocycles. The number of nitrogens with one attached hydrogen (secondary N) is 1. The summed E-state index contributed by atoms with van der Waals surface area (Å²) in [6.45, 7) is 5.09. The number of likely N-dealkylation sites (tertiary alicyclic amines) is 1. The average Bonchev–Trinajstić information content (AvgIpc) is 3.14. The van der Waals surface area contributed by atoms with Crippen LogP contribution >= 0.6 is 22.9 Å². The highest BCUT2D eigenvalue weighted by Gasteiger charge is 2.52. The third-order valence-electron chi connectivity index (χ3n) is 5.77. The van der Waals surface area contributed by atoms with E-state index >= 15 is 0 Å². The molecule has 4 heterocycles. The molecule has 5 rings (SSSR count). The number of hydrogen-bond donors (Lipinski definition) is 1. The van der Waals surface area contributed by atoms with Crippen molar-refractivity contribution in [1.29, 1.82) is 0 Å². The number of halogens is 1. The van der Waals surface area contributed by atoms with E-state index in [-0.39, 0.29) is 17.2 Å². The Bertz CT molecular complexity index is 1150. The van der Waals surface area contributed by atoms with Gasteiger partial charge in [0.25, 0.3) is 5.91 Å². The lowest BCUT2D eigenvalue weighted by atomic mass is 9.72. The van der Waals surface area contributed by atoms with Gasteiger partial charge in [0.1, 0.15) is 5.69 Å². The van der Waals surface area contributed by atoms with Crippen LogP contribution in [0.15, 0.2) is 48.0 Å². The number of thiazole rings is 1. The molecule has 0 aliphatic carbocycles. The van der Waals surface area contributed by atoms with E-state index in [2.05, 4.69) is 20.2 Å². The molecule has 2 aliphatic heterocycles. The summed E-state index contributed by atoms with van der Waals surface area (Å²) in [5.74, 6) is -0.164. The Labute approximate surface area is 188 Å². The Morgan fingerprint density at radius 1 is 1.13 bits per heavy atom. The van der Waals surface area contributed by atoms with Crippen LogP contribution in [0.2, 0.25) is 5.02 Å². The molecule has 2 aliphatic rings. The average molecular weight is 454 g/mol. The highest BCUT2D eigenvalue weighted by Crippen LogP contribution is 2.41. The van der Waals surface area contributed by atoms with Gasteiger partial charge in [-0.05, 0) is 18.2 Å². The van der Waals surface area contributed by atoms with Crippen molar-refractivity contribution in [3.8, 4) is 11.3 Å². The van der Waals surface area contributed by atoms with Gasteiger partial charge in [-0.15, -0.1) is 11.3 Å². The van der Waals surface area contributed by atoms with Crippen molar-refractivity contribution < 1.29 is 9.59 Å². The second kappa shape index (κ2) is 7.62. The Balaban J connectivity index is 1.19. The second-order valence-corrected chi connectivity index (χ2v) is 9.37. The summed E-state index contributed by atoms with van der Waals surface area (Å²) in [5, 5.41) is 5.78. The van der Waals surface area contributed by atoms with Crippen LogP contribution in [0.1, 0.15) is 17.4 Å². The molecule has 9 heteroatoms. The second-order valence-electron chi connectivity index (χ2n) is 8.10. The Hall–Kier alpha value is -2.97. The summed E-state index contributed by atoms with van der Waals surface area (Å²) in [7, 11) is 0. The first kappa shape index (κ1) is 20.0. The molecule has 0 unspecified atom stereocenters. The molecule has 7 nitrogen and oxygen atoms in total. The molecule has 1 N–H and O–H groups in total. The molecule has 2 amide bonds. The molecule has 2 fully saturated rings. The highest BCUT2D eigenvalue weighted by molar-refractivity contribution is 7.14. The van der Waals surface area contributed by atoms with E-state index in [0.717, 1.165) is 43.1 Å². The number of amides is 2. The monoisotopic (exact) mass is 453 g/mol. The first-order valence-electron chi connectivity index (χ1n) is 9.91. The van der Waals surface area contributed by atoms with Crippen molar-refractivity contribution in [2.24, 2.45) is 5.41 Å². The van der Waals surface area contributed by atoms with Crippen molar-refractivity contribution in [2.75, 3.05) is 36.4 Å². The molecule has 3 aromatic rings. The van der Waals surface area contributed by atoms with Crippen LogP contribution in [0.4, 0.5) is 10.8 Å². The Morgan fingerprint density at radius 2 is 1.90 bits per heavy atom. The van der Waals surface area contributed by atoms with Gasteiger partial charge in [0.2, 0.25) is 5.91 Å². The van der Waals surface area contributed by atoms with Crippen molar-refractivity contribution in [3.05, 3.63) is 58.7 Å². The summed E-state index contributed by atoms with van der Waals surface area (Å²) >= 11 is 7.57. The molecule has 2 aromatic heterocycles. The van der Waals surface area contributed by atoms with Gasteiger partial charge < -0.3 is 9.80 Å². The number of carbonyl (C=O) groups is 2. The van der Waals surface area contributed by atoms with Crippen molar-refractivity contribution in [3.63, 3.8) is 0 Å². The van der Waals surface area contributed by atoms with E-state index in [1.807, 2.05) is 40.6 Å². The third-order valence-corrected chi connectivity index (χ3v) is 6.86. The van der Waals surface area contributed by atoms with Gasteiger partial charge in [0, 0.05) is 54.5 Å². The van der Waals surface area contributed by atoms with Gasteiger partial charge in [-0.2, -0.15) is 0 Å². The van der Waals surface area contributed by atoms with Crippen molar-refractivity contribution in [1.82, 2.24) is 14.9 Å². The molecule has 0 bridgehead atoms. The lowest BCUT2D eigenvalue weighted by Gasteiger charge is -2.60. The van der Waals surface area contributed by atoms with E-state index in [4.69, 9.17) is 11.6 Å². The topological polar surface area (TPSA) is 78.4 Å². The summed E-state index contributed by atoms with van der Waals surface area (Å²) in [5.41, 5.74) is 3.10. The number of rotatable bonds is 4. The minimum atomic E-state index is -0.303. The highest BCUT2D eigenvalue weighted by atomic mass is 35.5. The minimum Gasteiger partial charge on any atom is -0.369 e. The number of carbonyl (C=O) groups excluding carboxylic acids is 2. The normalized spacial score (nSPS) is 16.6. The van der Waals surface area contributed by atoms with Crippen molar-refractivity contribution in [2.45, 2.75) is 6.92 Å². The van der Waals surface area contributed by atoms with Gasteiger partial charge in [-0.1, -0.05) is 29.8 Å². The van der Waals surface area contributed by atoms with Gasteiger partial charge >= 0.3 is 0 Å². The largest absolute Gasteiger partial charge is 0.369 e. The SMILES string of the molecule is CC(=O)N1CC2(C1)CN(c1ccc(C(=O)Nc3nc(-c4ccccc4Cl)cs3)nc1)C2. The van der Waals surface area contributed by atoms with E-state index in [9.17, 15) is 9.59 Å². The molecule has 1 spiro atoms. The van der Waals surface area contributed by atoms with Crippen LogP contribution in [0, 0.1) is 5.41 Å². The molecule has 0 radical (unpaired) electrons. The Morgan fingerprint density at radius 3 is 2.58 bits per heavy atom. The first-order chi connectivity index (χ1) is 14.9. The molecular formula is C22H20ClN5O2S. The maximum absolute atomic E-state index is 12.6. The van der Waals surface area contributed by atoms with Crippen LogP contribution in [-0.2, 0) is 4.79 Å². The smallest absolute Gasteiger partial charge is 0.276 e. The fourth-order valence-corrected chi connectivity index (χ4v) is 5.06. The summed E-state index contributed by atoms with van der Waals surface area (Å²) < 4.78 is 0. The van der Waals surface area contributed by atoms with Gasteiger partial charge in [-0.25, -0.2) is 9.97 Å². The van der Waals surface area contributed by atoms with Crippen LogP contribution in [0.25, 0.3) is 11.3 Å². The molecule has 31 heavy (non-hydrogen) atoms. The summed E-state index contributed by atoms with van der Waals surface area (Å²) in [4.78, 5) is 36.8. The van der Waals surface area contributed by atoms with Gasteiger partial charge in [0.15, 0.2) is 5.13 Å². The molecular weight excluding hydrogens is 434 g/mol. The predicted octanol–water partition coefficient (Wildman–Crippen LogP) is 3.78. The van der Waals surface area contributed by atoms with Crippen LogP contribution in [-0.4, -0.2) is 52.9 Å². The quantitative estimate of drug-likeness (QED) is 0.650. The number of pyridine rings is 1. The molecule has 2 saturated heterocycles. The van der Waals surface area contributed by atoms with Crippen LogP contribution in [0.5, 0.6) is 0 Å². The number of anilines is 2. The molecule has 158 valence electrons. The first-order valence-corrected chi connectivity index (χ1v) is 11.2. The third kappa shape index (κ3) is 3.77. The summed E-state index contributed by atoms with van der Waals surface area (Å²) in [6.07, 6.45) is 1.72. The zero-order chi connectivity index (χ0) is 21.6. The maximum atomic E-state index is 12.6. The molecule has 0 atom stereocenters. The fourth-order valence-electron chi connectivity index (χ4n) is 4.12. The van der Waals surface area contributed by atoms with Crippen LogP contribution < -0.4 is 10.2 Å². The van der Waals surface area contributed by atoms with Crippen molar-refractivity contribution >= 4 is 45.6 Å². The zero-order valence-electron chi connectivity index (χ0n) is 16.8. The number of hydrogen-bond acceptors (Lipinski definition) is 6. The minimum absolute atomic E-state index is 0.139. The van der Waals surface area contributed by atoms with Gasteiger partial charge in [-0.3, -0.25) is 14.9 Å². The number of aromatic nitrogens is 2. The van der Waals surface area contributed by atoms with E-state index < -0.39 is 0 Å². The van der Waals surface area contributed by atoms with E-state index in [1.165, 1.54) is 11.3 Å². The van der Waals surface area contributed by atoms with E-state index in [1.54, 1.807) is 19.2 Å². The Kier molecular flexibility index (Phi) is 4.91. The standard InChI is InChI=1S/C22H20ClN5O2S/c1-14(29)27-10-22(11-27)12-28(13-22)15-6-7-18(24-8-15)20(30)26-21-25-19(9-31-21)16-4-2-3-5-17(16)23/h2-9H,10-13H2,1H3,(H,25,26,30). The van der Waals surface area contributed by atoms with Gasteiger partial charge in [0.05, 0.1) is 17.6 Å².